The van der Waals surface area contributed by atoms with Gasteiger partial charge in [0, 0.05) is 30.9 Å². The van der Waals surface area contributed by atoms with Gasteiger partial charge in [0.25, 0.3) is 5.91 Å². The van der Waals surface area contributed by atoms with Gasteiger partial charge in [-0.05, 0) is 36.8 Å². The molecule has 0 bridgehead atoms. The second-order valence-electron chi connectivity index (χ2n) is 6.88. The molecule has 150 valence electrons. The Labute approximate surface area is 170 Å². The van der Waals surface area contributed by atoms with Crippen molar-refractivity contribution >= 4 is 17.5 Å². The van der Waals surface area contributed by atoms with E-state index in [1.54, 1.807) is 29.2 Å². The van der Waals surface area contributed by atoms with Crippen LogP contribution < -0.4 is 10.6 Å². The highest BCUT2D eigenvalue weighted by Gasteiger charge is 2.17. The summed E-state index contributed by atoms with van der Waals surface area (Å²) in [5.74, 6) is -0.196. The Balaban J connectivity index is 1.66. The predicted octanol–water partition coefficient (Wildman–Crippen LogP) is 2.07. The van der Waals surface area contributed by atoms with Crippen LogP contribution in [0.1, 0.15) is 27.0 Å². The first-order valence-electron chi connectivity index (χ1n) is 9.54. The number of benzene rings is 2. The Morgan fingerprint density at radius 2 is 1.97 bits per heavy atom. The van der Waals surface area contributed by atoms with E-state index in [9.17, 15) is 14.9 Å². The van der Waals surface area contributed by atoms with Gasteiger partial charge in [-0.2, -0.15) is 5.26 Å². The summed E-state index contributed by atoms with van der Waals surface area (Å²) < 4.78 is 5.27. The molecule has 7 heteroatoms. The second kappa shape index (κ2) is 9.71. The number of ether oxygens (including phenoxy) is 1. The number of nitrogens with one attached hydrogen (secondary N) is 2. The normalized spacial score (nSPS) is 13.4. The van der Waals surface area contributed by atoms with Crippen molar-refractivity contribution in [3.8, 4) is 6.07 Å². The lowest BCUT2D eigenvalue weighted by molar-refractivity contribution is -0.133. The molecule has 1 heterocycles. The molecular formula is C22H24N4O3. The van der Waals surface area contributed by atoms with Crippen LogP contribution in [0.25, 0.3) is 0 Å². The van der Waals surface area contributed by atoms with E-state index in [1.165, 1.54) is 0 Å². The van der Waals surface area contributed by atoms with Crippen LogP contribution in [0.5, 0.6) is 0 Å². The molecule has 0 saturated carbocycles. The highest BCUT2D eigenvalue weighted by atomic mass is 16.5. The molecule has 0 aliphatic carbocycles. The quantitative estimate of drug-likeness (QED) is 0.785. The third-order valence-corrected chi connectivity index (χ3v) is 4.75. The summed E-state index contributed by atoms with van der Waals surface area (Å²) in [6.07, 6.45) is 0. The molecule has 2 aromatic rings. The number of hydrogen-bond donors (Lipinski definition) is 2. The van der Waals surface area contributed by atoms with Gasteiger partial charge in [0.15, 0.2) is 0 Å². The van der Waals surface area contributed by atoms with Crippen molar-refractivity contribution in [2.45, 2.75) is 13.5 Å². The maximum Gasteiger partial charge on any atom is 0.251 e. The number of hydrogen-bond acceptors (Lipinski definition) is 5. The van der Waals surface area contributed by atoms with Gasteiger partial charge in [-0.25, -0.2) is 0 Å². The molecule has 0 spiro atoms. The maximum atomic E-state index is 12.4. The average molecular weight is 392 g/mol. The fourth-order valence-corrected chi connectivity index (χ4v) is 3.12. The van der Waals surface area contributed by atoms with Gasteiger partial charge < -0.3 is 20.3 Å². The van der Waals surface area contributed by atoms with Crippen molar-refractivity contribution in [1.82, 2.24) is 10.2 Å². The van der Waals surface area contributed by atoms with Crippen molar-refractivity contribution in [2.75, 3.05) is 38.2 Å². The first kappa shape index (κ1) is 20.4. The molecule has 2 N–H and O–H groups in total. The fraction of sp³-hybridized carbons (Fsp3) is 0.318. The number of anilines is 1. The standard InChI is InChI=1S/C22H24N4O3/c1-16-3-2-4-18(11-16)22(28)25-14-19-6-5-17(13-23)12-20(19)24-15-21(27)26-7-9-29-10-8-26/h2-6,11-12,24H,7-10,14-15H2,1H3,(H,25,28). The molecular weight excluding hydrogens is 368 g/mol. The molecule has 2 amide bonds. The molecule has 3 rings (SSSR count). The largest absolute Gasteiger partial charge is 0.378 e. The second-order valence-corrected chi connectivity index (χ2v) is 6.88. The van der Waals surface area contributed by atoms with Crippen LogP contribution >= 0.6 is 0 Å². The minimum absolute atomic E-state index is 0.0228. The molecule has 0 unspecified atom stereocenters. The molecule has 1 aliphatic rings. The zero-order chi connectivity index (χ0) is 20.6. The average Bonchev–Trinajstić information content (AvgIpc) is 2.76. The van der Waals surface area contributed by atoms with Crippen molar-refractivity contribution < 1.29 is 14.3 Å². The summed E-state index contributed by atoms with van der Waals surface area (Å²) in [4.78, 5) is 26.6. The number of amides is 2. The monoisotopic (exact) mass is 392 g/mol. The first-order chi connectivity index (χ1) is 14.1. The summed E-state index contributed by atoms with van der Waals surface area (Å²) in [7, 11) is 0. The van der Waals surface area contributed by atoms with E-state index < -0.39 is 0 Å². The van der Waals surface area contributed by atoms with E-state index in [2.05, 4.69) is 16.7 Å². The van der Waals surface area contributed by atoms with Crippen LogP contribution in [0, 0.1) is 18.3 Å². The lowest BCUT2D eigenvalue weighted by Crippen LogP contribution is -2.43. The Morgan fingerprint density at radius 3 is 2.69 bits per heavy atom. The van der Waals surface area contributed by atoms with Crippen molar-refractivity contribution in [3.63, 3.8) is 0 Å². The molecule has 1 fully saturated rings. The SMILES string of the molecule is Cc1cccc(C(=O)NCc2ccc(C#N)cc2NCC(=O)N2CCOCC2)c1. The zero-order valence-corrected chi connectivity index (χ0v) is 16.4. The topological polar surface area (TPSA) is 94.5 Å². The predicted molar refractivity (Wildman–Crippen MR) is 109 cm³/mol. The highest BCUT2D eigenvalue weighted by molar-refractivity contribution is 5.94. The molecule has 0 radical (unpaired) electrons. The number of aryl methyl sites for hydroxylation is 1. The van der Waals surface area contributed by atoms with Crippen LogP contribution in [0.4, 0.5) is 5.69 Å². The number of rotatable bonds is 6. The van der Waals surface area contributed by atoms with Crippen LogP contribution in [0.15, 0.2) is 42.5 Å². The van der Waals surface area contributed by atoms with Crippen molar-refractivity contribution in [2.24, 2.45) is 0 Å². The van der Waals surface area contributed by atoms with E-state index >= 15 is 0 Å². The third kappa shape index (κ3) is 5.56. The van der Waals surface area contributed by atoms with E-state index in [4.69, 9.17) is 4.74 Å². The van der Waals surface area contributed by atoms with Gasteiger partial charge in [-0.1, -0.05) is 23.8 Å². The van der Waals surface area contributed by atoms with Gasteiger partial charge >= 0.3 is 0 Å². The third-order valence-electron chi connectivity index (χ3n) is 4.75. The van der Waals surface area contributed by atoms with Crippen LogP contribution in [-0.4, -0.2) is 49.6 Å². The van der Waals surface area contributed by atoms with Gasteiger partial charge in [0.2, 0.25) is 5.91 Å². The summed E-state index contributed by atoms with van der Waals surface area (Å²) in [5, 5.41) is 15.2. The summed E-state index contributed by atoms with van der Waals surface area (Å²) in [6, 6.07) is 14.7. The van der Waals surface area contributed by atoms with E-state index in [-0.39, 0.29) is 24.9 Å². The van der Waals surface area contributed by atoms with E-state index in [0.29, 0.717) is 43.1 Å². The Bertz CT molecular complexity index is 930. The van der Waals surface area contributed by atoms with Gasteiger partial charge in [0.1, 0.15) is 0 Å². The summed E-state index contributed by atoms with van der Waals surface area (Å²) in [6.45, 7) is 4.60. The Hall–Kier alpha value is -3.37. The van der Waals surface area contributed by atoms with E-state index in [0.717, 1.165) is 11.1 Å². The molecule has 29 heavy (non-hydrogen) atoms. The molecule has 1 saturated heterocycles. The molecule has 7 nitrogen and oxygen atoms in total. The van der Waals surface area contributed by atoms with E-state index in [1.807, 2.05) is 25.1 Å². The van der Waals surface area contributed by atoms with Gasteiger partial charge in [-0.15, -0.1) is 0 Å². The molecule has 2 aromatic carbocycles. The van der Waals surface area contributed by atoms with Gasteiger partial charge in [0.05, 0.1) is 31.4 Å². The highest BCUT2D eigenvalue weighted by Crippen LogP contribution is 2.18. The lowest BCUT2D eigenvalue weighted by Gasteiger charge is -2.27. The van der Waals surface area contributed by atoms with Crippen LogP contribution in [-0.2, 0) is 16.1 Å². The number of carbonyl (C=O) groups excluding carboxylic acids is 2. The molecule has 1 aliphatic heterocycles. The van der Waals surface area contributed by atoms with Crippen LogP contribution in [0.2, 0.25) is 0 Å². The first-order valence-corrected chi connectivity index (χ1v) is 9.54. The van der Waals surface area contributed by atoms with Crippen molar-refractivity contribution in [3.05, 3.63) is 64.7 Å². The molecule has 0 aromatic heterocycles. The van der Waals surface area contributed by atoms with Crippen LogP contribution in [0.3, 0.4) is 0 Å². The smallest absolute Gasteiger partial charge is 0.251 e. The van der Waals surface area contributed by atoms with Gasteiger partial charge in [-0.3, -0.25) is 9.59 Å². The number of carbonyl (C=O) groups is 2. The summed E-state index contributed by atoms with van der Waals surface area (Å²) >= 11 is 0. The maximum absolute atomic E-state index is 12.4. The van der Waals surface area contributed by atoms with Crippen molar-refractivity contribution in [1.29, 1.82) is 5.26 Å². The molecule has 0 atom stereocenters. The Morgan fingerprint density at radius 1 is 1.17 bits per heavy atom. The summed E-state index contributed by atoms with van der Waals surface area (Å²) in [5.41, 5.74) is 3.56. The number of nitrogens with zero attached hydrogens (tertiary/aromatic N) is 2. The fourth-order valence-electron chi connectivity index (χ4n) is 3.12. The minimum Gasteiger partial charge on any atom is -0.378 e. The Kier molecular flexibility index (Phi) is 6.82. The number of morpholine rings is 1. The zero-order valence-electron chi connectivity index (χ0n) is 16.4. The number of nitriles is 1. The minimum atomic E-state index is -0.173. The lowest BCUT2D eigenvalue weighted by atomic mass is 10.1.